The first-order valence-corrected chi connectivity index (χ1v) is 6.85. The van der Waals surface area contributed by atoms with E-state index < -0.39 is 11.6 Å². The first-order valence-electron chi connectivity index (χ1n) is 6.09. The van der Waals surface area contributed by atoms with Crippen molar-refractivity contribution in [3.63, 3.8) is 0 Å². The van der Waals surface area contributed by atoms with Crippen LogP contribution in [0.15, 0.2) is 36.4 Å². The highest BCUT2D eigenvalue weighted by Gasteiger charge is 2.09. The normalized spacial score (nSPS) is 12.4. The Morgan fingerprint density at radius 3 is 2.40 bits per heavy atom. The standard InChI is InChI=1S/C15H13Cl2F2N/c1-9(11-3-5-14(18)15(19)7-11)20-8-10-2-4-12(16)13(17)6-10/h2-7,9,20H,8H2,1H3. The molecule has 2 rings (SSSR count). The fraction of sp³-hybridized carbons (Fsp3) is 0.200. The summed E-state index contributed by atoms with van der Waals surface area (Å²) in [4.78, 5) is 0. The molecule has 0 saturated heterocycles. The second-order valence-electron chi connectivity index (χ2n) is 4.52. The predicted molar refractivity (Wildman–Crippen MR) is 78.1 cm³/mol. The van der Waals surface area contributed by atoms with Crippen LogP contribution >= 0.6 is 23.2 Å². The summed E-state index contributed by atoms with van der Waals surface area (Å²) in [7, 11) is 0. The lowest BCUT2D eigenvalue weighted by Crippen LogP contribution is -2.18. The molecule has 0 bridgehead atoms. The summed E-state index contributed by atoms with van der Waals surface area (Å²) < 4.78 is 26.0. The van der Waals surface area contributed by atoms with Crippen LogP contribution in [0.5, 0.6) is 0 Å². The summed E-state index contributed by atoms with van der Waals surface area (Å²) in [6, 6.07) is 9.13. The van der Waals surface area contributed by atoms with Crippen molar-refractivity contribution in [2.45, 2.75) is 19.5 Å². The second kappa shape index (κ2) is 6.53. The summed E-state index contributed by atoms with van der Waals surface area (Å²) >= 11 is 11.8. The smallest absolute Gasteiger partial charge is 0.159 e. The van der Waals surface area contributed by atoms with Gasteiger partial charge in [-0.1, -0.05) is 35.3 Å². The number of nitrogens with one attached hydrogen (secondary N) is 1. The molecule has 0 fully saturated rings. The molecule has 2 aromatic carbocycles. The van der Waals surface area contributed by atoms with Gasteiger partial charge in [0.05, 0.1) is 10.0 Å². The minimum atomic E-state index is -0.842. The second-order valence-corrected chi connectivity index (χ2v) is 5.34. The van der Waals surface area contributed by atoms with E-state index in [0.717, 1.165) is 11.6 Å². The monoisotopic (exact) mass is 315 g/mol. The van der Waals surface area contributed by atoms with Crippen LogP contribution in [0.3, 0.4) is 0 Å². The van der Waals surface area contributed by atoms with E-state index in [-0.39, 0.29) is 6.04 Å². The molecule has 0 spiro atoms. The number of benzene rings is 2. The molecule has 0 radical (unpaired) electrons. The average Bonchev–Trinajstić information content (AvgIpc) is 2.43. The Hall–Kier alpha value is -1.16. The molecular weight excluding hydrogens is 303 g/mol. The summed E-state index contributed by atoms with van der Waals surface area (Å²) in [6.07, 6.45) is 0. The number of halogens is 4. The first kappa shape index (κ1) is 15.2. The third kappa shape index (κ3) is 3.69. The van der Waals surface area contributed by atoms with E-state index in [9.17, 15) is 8.78 Å². The molecule has 1 N–H and O–H groups in total. The van der Waals surface area contributed by atoms with Crippen molar-refractivity contribution in [1.82, 2.24) is 5.32 Å². The number of hydrogen-bond acceptors (Lipinski definition) is 1. The highest BCUT2D eigenvalue weighted by Crippen LogP contribution is 2.23. The Bertz CT molecular complexity index is 617. The molecule has 1 unspecified atom stereocenters. The van der Waals surface area contributed by atoms with Crippen molar-refractivity contribution in [3.8, 4) is 0 Å². The fourth-order valence-electron chi connectivity index (χ4n) is 1.82. The molecule has 5 heteroatoms. The van der Waals surface area contributed by atoms with Gasteiger partial charge in [-0.3, -0.25) is 0 Å². The maximum Gasteiger partial charge on any atom is 0.159 e. The van der Waals surface area contributed by atoms with Crippen molar-refractivity contribution in [1.29, 1.82) is 0 Å². The van der Waals surface area contributed by atoms with Crippen molar-refractivity contribution < 1.29 is 8.78 Å². The van der Waals surface area contributed by atoms with Gasteiger partial charge in [-0.2, -0.15) is 0 Å². The quantitative estimate of drug-likeness (QED) is 0.825. The maximum atomic E-state index is 13.2. The lowest BCUT2D eigenvalue weighted by Gasteiger charge is -2.15. The van der Waals surface area contributed by atoms with E-state index in [1.165, 1.54) is 6.07 Å². The van der Waals surface area contributed by atoms with Crippen LogP contribution in [-0.4, -0.2) is 0 Å². The van der Waals surface area contributed by atoms with Crippen LogP contribution < -0.4 is 5.32 Å². The van der Waals surface area contributed by atoms with Gasteiger partial charge < -0.3 is 5.32 Å². The van der Waals surface area contributed by atoms with Crippen molar-refractivity contribution in [2.75, 3.05) is 0 Å². The van der Waals surface area contributed by atoms with Crippen molar-refractivity contribution >= 4 is 23.2 Å². The summed E-state index contributed by atoms with van der Waals surface area (Å²) in [6.45, 7) is 2.43. The molecule has 0 aliphatic rings. The van der Waals surface area contributed by atoms with Crippen LogP contribution in [0, 0.1) is 11.6 Å². The molecule has 2 aromatic rings. The van der Waals surface area contributed by atoms with Gasteiger partial charge in [0.15, 0.2) is 11.6 Å². The van der Waals surface area contributed by atoms with E-state index in [1.54, 1.807) is 18.2 Å². The molecule has 1 atom stereocenters. The van der Waals surface area contributed by atoms with Gasteiger partial charge in [0, 0.05) is 12.6 Å². The third-order valence-corrected chi connectivity index (χ3v) is 3.78. The largest absolute Gasteiger partial charge is 0.306 e. The minimum Gasteiger partial charge on any atom is -0.306 e. The Labute approximate surface area is 126 Å². The van der Waals surface area contributed by atoms with Gasteiger partial charge in [0.25, 0.3) is 0 Å². The van der Waals surface area contributed by atoms with Crippen molar-refractivity contribution in [2.24, 2.45) is 0 Å². The Balaban J connectivity index is 2.02. The average molecular weight is 316 g/mol. The molecule has 20 heavy (non-hydrogen) atoms. The summed E-state index contributed by atoms with van der Waals surface area (Å²) in [5.41, 5.74) is 1.65. The van der Waals surface area contributed by atoms with Gasteiger partial charge in [0.1, 0.15) is 0 Å². The Morgan fingerprint density at radius 2 is 1.75 bits per heavy atom. The minimum absolute atomic E-state index is 0.112. The first-order chi connectivity index (χ1) is 9.47. The zero-order valence-electron chi connectivity index (χ0n) is 10.8. The zero-order chi connectivity index (χ0) is 14.7. The van der Waals surface area contributed by atoms with Gasteiger partial charge in [-0.25, -0.2) is 8.78 Å². The highest BCUT2D eigenvalue weighted by atomic mass is 35.5. The molecular formula is C15H13Cl2F2N. The molecule has 106 valence electrons. The van der Waals surface area contributed by atoms with E-state index in [4.69, 9.17) is 23.2 Å². The highest BCUT2D eigenvalue weighted by molar-refractivity contribution is 6.42. The van der Waals surface area contributed by atoms with E-state index in [2.05, 4.69) is 5.32 Å². The molecule has 0 aliphatic carbocycles. The van der Waals surface area contributed by atoms with Gasteiger partial charge in [0.2, 0.25) is 0 Å². The third-order valence-electron chi connectivity index (χ3n) is 3.04. The van der Waals surface area contributed by atoms with Gasteiger partial charge >= 0.3 is 0 Å². The van der Waals surface area contributed by atoms with Crippen LogP contribution in [0.4, 0.5) is 8.78 Å². The Kier molecular flexibility index (Phi) is 4.97. The number of rotatable bonds is 4. The lowest BCUT2D eigenvalue weighted by atomic mass is 10.1. The fourth-order valence-corrected chi connectivity index (χ4v) is 2.14. The molecule has 0 aromatic heterocycles. The topological polar surface area (TPSA) is 12.0 Å². The van der Waals surface area contributed by atoms with Crippen LogP contribution in [-0.2, 0) is 6.54 Å². The maximum absolute atomic E-state index is 13.2. The van der Waals surface area contributed by atoms with Gasteiger partial charge in [-0.15, -0.1) is 0 Å². The summed E-state index contributed by atoms with van der Waals surface area (Å²) in [5.74, 6) is -1.68. The predicted octanol–water partition coefficient (Wildman–Crippen LogP) is 5.12. The SMILES string of the molecule is CC(NCc1ccc(Cl)c(Cl)c1)c1ccc(F)c(F)c1. The number of hydrogen-bond donors (Lipinski definition) is 1. The van der Waals surface area contributed by atoms with E-state index in [0.29, 0.717) is 22.2 Å². The van der Waals surface area contributed by atoms with Crippen LogP contribution in [0.25, 0.3) is 0 Å². The summed E-state index contributed by atoms with van der Waals surface area (Å²) in [5, 5.41) is 4.21. The Morgan fingerprint density at radius 1 is 1.00 bits per heavy atom. The molecule has 0 saturated carbocycles. The molecule has 0 aliphatic heterocycles. The molecule has 0 amide bonds. The molecule has 1 nitrogen and oxygen atoms in total. The van der Waals surface area contributed by atoms with E-state index in [1.807, 2.05) is 13.0 Å². The van der Waals surface area contributed by atoms with Crippen LogP contribution in [0.2, 0.25) is 10.0 Å². The molecule has 0 heterocycles. The zero-order valence-corrected chi connectivity index (χ0v) is 12.3. The van der Waals surface area contributed by atoms with E-state index >= 15 is 0 Å². The lowest BCUT2D eigenvalue weighted by molar-refractivity contribution is 0.500. The van der Waals surface area contributed by atoms with Crippen molar-refractivity contribution in [3.05, 3.63) is 69.2 Å². The van der Waals surface area contributed by atoms with Gasteiger partial charge in [-0.05, 0) is 42.3 Å². The van der Waals surface area contributed by atoms with Crippen LogP contribution in [0.1, 0.15) is 24.1 Å².